The Morgan fingerprint density at radius 3 is 2.57 bits per heavy atom. The van der Waals surface area contributed by atoms with E-state index in [0.717, 1.165) is 43.5 Å². The van der Waals surface area contributed by atoms with Crippen LogP contribution in [-0.2, 0) is 13.0 Å². The molecule has 0 atom stereocenters. The average Bonchev–Trinajstić information content (AvgIpc) is 3.17. The van der Waals surface area contributed by atoms with Gasteiger partial charge >= 0.3 is 0 Å². The predicted octanol–water partition coefficient (Wildman–Crippen LogP) is 3.10. The molecule has 28 heavy (non-hydrogen) atoms. The van der Waals surface area contributed by atoms with Gasteiger partial charge in [0.2, 0.25) is 0 Å². The van der Waals surface area contributed by atoms with Crippen LogP contribution in [0.15, 0.2) is 41.7 Å². The lowest BCUT2D eigenvalue weighted by molar-refractivity contribution is 0.287. The lowest BCUT2D eigenvalue weighted by atomic mass is 10.1. The molecular weight excluding hydrogens is 469 g/mol. The molecule has 8 heteroatoms. The van der Waals surface area contributed by atoms with Gasteiger partial charge in [0.05, 0.1) is 19.8 Å². The Bertz CT molecular complexity index is 692. The predicted molar refractivity (Wildman–Crippen MR) is 124 cm³/mol. The molecule has 0 unspecified atom stereocenters. The van der Waals surface area contributed by atoms with E-state index in [1.165, 1.54) is 5.56 Å². The second-order valence-electron chi connectivity index (χ2n) is 5.85. The van der Waals surface area contributed by atoms with Gasteiger partial charge in [-0.2, -0.15) is 5.10 Å². The van der Waals surface area contributed by atoms with Gasteiger partial charge in [0.25, 0.3) is 0 Å². The Labute approximate surface area is 184 Å². The van der Waals surface area contributed by atoms with Crippen LogP contribution in [0.25, 0.3) is 0 Å². The maximum atomic E-state index is 5.69. The highest BCUT2D eigenvalue weighted by molar-refractivity contribution is 14.0. The van der Waals surface area contributed by atoms with Crippen molar-refractivity contribution < 1.29 is 9.47 Å². The molecule has 2 N–H and O–H groups in total. The molecule has 0 aliphatic rings. The molecule has 1 aromatic heterocycles. The van der Waals surface area contributed by atoms with Gasteiger partial charge in [-0.05, 0) is 51.0 Å². The molecule has 2 aromatic rings. The number of aliphatic imine (C=N–C) groups is 1. The van der Waals surface area contributed by atoms with Crippen LogP contribution in [0.2, 0.25) is 0 Å². The minimum atomic E-state index is 0. The van der Waals surface area contributed by atoms with Crippen LogP contribution in [0, 0.1) is 0 Å². The van der Waals surface area contributed by atoms with E-state index in [4.69, 9.17) is 9.47 Å². The first kappa shape index (κ1) is 24.1. The van der Waals surface area contributed by atoms with Crippen molar-refractivity contribution >= 4 is 29.9 Å². The number of benzene rings is 1. The molecule has 0 fully saturated rings. The number of nitrogens with zero attached hydrogens (tertiary/aromatic N) is 3. The van der Waals surface area contributed by atoms with Crippen LogP contribution in [0.3, 0.4) is 0 Å². The van der Waals surface area contributed by atoms with Crippen LogP contribution in [-0.4, -0.2) is 48.6 Å². The van der Waals surface area contributed by atoms with E-state index in [0.29, 0.717) is 19.8 Å². The summed E-state index contributed by atoms with van der Waals surface area (Å²) in [5, 5.41) is 10.8. The lowest BCUT2D eigenvalue weighted by Gasteiger charge is -2.13. The zero-order valence-electron chi connectivity index (χ0n) is 17.0. The fourth-order valence-electron chi connectivity index (χ4n) is 2.61. The van der Waals surface area contributed by atoms with Crippen molar-refractivity contribution in [3.63, 3.8) is 0 Å². The monoisotopic (exact) mass is 501 g/mol. The summed E-state index contributed by atoms with van der Waals surface area (Å²) in [5.41, 5.74) is 1.18. The zero-order valence-corrected chi connectivity index (χ0v) is 19.3. The van der Waals surface area contributed by atoms with Gasteiger partial charge in [-0.3, -0.25) is 9.67 Å². The zero-order chi connectivity index (χ0) is 19.3. The average molecular weight is 501 g/mol. The number of halogens is 1. The van der Waals surface area contributed by atoms with Gasteiger partial charge in [-0.15, -0.1) is 24.0 Å². The Morgan fingerprint density at radius 1 is 1.11 bits per heavy atom. The van der Waals surface area contributed by atoms with E-state index >= 15 is 0 Å². The number of ether oxygens (including phenoxy) is 2. The Balaban J connectivity index is 0.00000392. The van der Waals surface area contributed by atoms with Crippen molar-refractivity contribution in [3.8, 4) is 11.5 Å². The van der Waals surface area contributed by atoms with Crippen molar-refractivity contribution in [1.82, 2.24) is 20.4 Å². The van der Waals surface area contributed by atoms with E-state index in [1.54, 1.807) is 6.20 Å². The summed E-state index contributed by atoms with van der Waals surface area (Å²) < 4.78 is 13.2. The first-order valence-corrected chi connectivity index (χ1v) is 9.64. The number of hydrogen-bond acceptors (Lipinski definition) is 4. The van der Waals surface area contributed by atoms with Crippen molar-refractivity contribution in [2.45, 2.75) is 33.7 Å². The minimum absolute atomic E-state index is 0. The van der Waals surface area contributed by atoms with Crippen LogP contribution < -0.4 is 20.1 Å². The first-order valence-electron chi connectivity index (χ1n) is 9.64. The van der Waals surface area contributed by atoms with Crippen molar-refractivity contribution in [2.24, 2.45) is 4.99 Å². The van der Waals surface area contributed by atoms with E-state index in [9.17, 15) is 0 Å². The molecule has 0 aliphatic heterocycles. The minimum Gasteiger partial charge on any atom is -0.490 e. The fraction of sp³-hybridized carbons (Fsp3) is 0.500. The maximum Gasteiger partial charge on any atom is 0.191 e. The van der Waals surface area contributed by atoms with Gasteiger partial charge in [-0.25, -0.2) is 0 Å². The van der Waals surface area contributed by atoms with Crippen LogP contribution >= 0.6 is 24.0 Å². The summed E-state index contributed by atoms with van der Waals surface area (Å²) in [6.07, 6.45) is 4.57. The van der Waals surface area contributed by atoms with E-state index in [2.05, 4.69) is 33.7 Å². The third-order valence-corrected chi connectivity index (χ3v) is 3.81. The normalized spacial score (nSPS) is 10.9. The highest BCUT2D eigenvalue weighted by Crippen LogP contribution is 2.28. The second-order valence-corrected chi connectivity index (χ2v) is 5.85. The molecule has 0 aliphatic carbocycles. The summed E-state index contributed by atoms with van der Waals surface area (Å²) in [4.78, 5) is 4.65. The summed E-state index contributed by atoms with van der Waals surface area (Å²) in [5.74, 6) is 2.41. The van der Waals surface area contributed by atoms with Gasteiger partial charge in [0.1, 0.15) is 0 Å². The van der Waals surface area contributed by atoms with Gasteiger partial charge < -0.3 is 20.1 Å². The summed E-state index contributed by atoms with van der Waals surface area (Å²) in [6.45, 7) is 10.3. The molecule has 0 saturated carbocycles. The highest BCUT2D eigenvalue weighted by atomic mass is 127. The molecule has 0 radical (unpaired) electrons. The largest absolute Gasteiger partial charge is 0.490 e. The summed E-state index contributed by atoms with van der Waals surface area (Å²) >= 11 is 0. The van der Waals surface area contributed by atoms with Gasteiger partial charge in [-0.1, -0.05) is 6.07 Å². The molecule has 1 heterocycles. The summed E-state index contributed by atoms with van der Waals surface area (Å²) in [7, 11) is 0. The van der Waals surface area contributed by atoms with Crippen LogP contribution in [0.5, 0.6) is 11.5 Å². The number of rotatable bonds is 11. The fourth-order valence-corrected chi connectivity index (χ4v) is 2.61. The standard InChI is InChI=1S/C20H31N5O2.HI/c1-4-21-20(23-13-15-25-14-7-11-24-25)22-12-10-17-8-9-18(26-5-2)19(16-17)27-6-3;/h7-9,11,14,16H,4-6,10,12-13,15H2,1-3H3,(H2,21,22,23);1H. The molecular formula is C20H32IN5O2. The number of guanidine groups is 1. The van der Waals surface area contributed by atoms with E-state index in [1.807, 2.05) is 42.9 Å². The number of nitrogens with one attached hydrogen (secondary N) is 2. The van der Waals surface area contributed by atoms with Crippen molar-refractivity contribution in [3.05, 3.63) is 42.2 Å². The highest BCUT2D eigenvalue weighted by Gasteiger charge is 2.06. The molecule has 2 rings (SSSR count). The van der Waals surface area contributed by atoms with Crippen LogP contribution in [0.4, 0.5) is 0 Å². The van der Waals surface area contributed by atoms with E-state index < -0.39 is 0 Å². The van der Waals surface area contributed by atoms with Gasteiger partial charge in [0, 0.05) is 32.0 Å². The van der Waals surface area contributed by atoms with Gasteiger partial charge in [0.15, 0.2) is 17.5 Å². The molecule has 0 saturated heterocycles. The Hall–Kier alpha value is -1.97. The second kappa shape index (κ2) is 14.1. The number of hydrogen-bond donors (Lipinski definition) is 2. The van der Waals surface area contributed by atoms with Crippen LogP contribution in [0.1, 0.15) is 26.3 Å². The van der Waals surface area contributed by atoms with Crippen molar-refractivity contribution in [2.75, 3.05) is 32.8 Å². The Kier molecular flexibility index (Phi) is 12.1. The van der Waals surface area contributed by atoms with Crippen molar-refractivity contribution in [1.29, 1.82) is 0 Å². The molecule has 156 valence electrons. The topological polar surface area (TPSA) is 72.7 Å². The molecule has 0 bridgehead atoms. The third-order valence-electron chi connectivity index (χ3n) is 3.81. The molecule has 1 aromatic carbocycles. The number of aromatic nitrogens is 2. The quantitative estimate of drug-likeness (QED) is 0.281. The lowest BCUT2D eigenvalue weighted by Crippen LogP contribution is -2.39. The molecule has 0 amide bonds. The smallest absolute Gasteiger partial charge is 0.191 e. The summed E-state index contributed by atoms with van der Waals surface area (Å²) in [6, 6.07) is 8.01. The van der Waals surface area contributed by atoms with E-state index in [-0.39, 0.29) is 24.0 Å². The molecule has 7 nitrogen and oxygen atoms in total. The maximum absolute atomic E-state index is 5.69. The SMILES string of the molecule is CCNC(=NCCc1ccc(OCC)c(OCC)c1)NCCn1cccn1.I. The third kappa shape index (κ3) is 8.37. The molecule has 0 spiro atoms. The Morgan fingerprint density at radius 2 is 1.89 bits per heavy atom. The first-order chi connectivity index (χ1) is 13.3.